The van der Waals surface area contributed by atoms with E-state index in [-0.39, 0.29) is 11.9 Å². The summed E-state index contributed by atoms with van der Waals surface area (Å²) in [5.41, 5.74) is 1.69. The summed E-state index contributed by atoms with van der Waals surface area (Å²) in [5.74, 6) is 0.592. The van der Waals surface area contributed by atoms with Crippen molar-refractivity contribution in [2.75, 3.05) is 47.0 Å². The highest BCUT2D eigenvalue weighted by Crippen LogP contribution is 2.13. The number of nitrogens with one attached hydrogen (secondary N) is 2. The highest BCUT2D eigenvalue weighted by Gasteiger charge is 2.15. The molecule has 1 aliphatic heterocycles. The molecule has 1 unspecified atom stereocenters. The second-order valence-electron chi connectivity index (χ2n) is 7.00. The number of benzene rings is 1. The summed E-state index contributed by atoms with van der Waals surface area (Å²) < 4.78 is 25.0. The zero-order valence-corrected chi connectivity index (χ0v) is 16.8. The van der Waals surface area contributed by atoms with E-state index in [4.69, 9.17) is 9.47 Å². The lowest BCUT2D eigenvalue weighted by Crippen LogP contribution is -2.38. The monoisotopic (exact) mass is 380 g/mol. The van der Waals surface area contributed by atoms with Gasteiger partial charge in [0.25, 0.3) is 0 Å². The Morgan fingerprint density at radius 2 is 2.22 bits per heavy atom. The zero-order chi connectivity index (χ0) is 19.5. The van der Waals surface area contributed by atoms with E-state index in [1.807, 2.05) is 32.0 Å². The molecule has 2 rings (SSSR count). The van der Waals surface area contributed by atoms with Crippen LogP contribution >= 0.6 is 0 Å². The average Bonchev–Trinajstić information content (AvgIpc) is 3.14. The lowest BCUT2D eigenvalue weighted by Gasteiger charge is -2.14. The first-order chi connectivity index (χ1) is 13.1. The summed E-state index contributed by atoms with van der Waals surface area (Å²) >= 11 is 0. The van der Waals surface area contributed by atoms with Gasteiger partial charge in [0, 0.05) is 38.4 Å². The van der Waals surface area contributed by atoms with Crippen molar-refractivity contribution < 1.29 is 13.9 Å². The van der Waals surface area contributed by atoms with Gasteiger partial charge in [-0.05, 0) is 51.6 Å². The van der Waals surface area contributed by atoms with Gasteiger partial charge >= 0.3 is 0 Å². The molecule has 1 heterocycles. The van der Waals surface area contributed by atoms with E-state index in [0.717, 1.165) is 44.1 Å². The summed E-state index contributed by atoms with van der Waals surface area (Å²) in [6, 6.07) is 5.20. The zero-order valence-electron chi connectivity index (χ0n) is 16.8. The molecule has 1 aliphatic rings. The second-order valence-corrected chi connectivity index (χ2v) is 7.00. The molecule has 1 aromatic rings. The van der Waals surface area contributed by atoms with Crippen LogP contribution in [0.4, 0.5) is 4.39 Å². The van der Waals surface area contributed by atoms with E-state index in [0.29, 0.717) is 31.9 Å². The van der Waals surface area contributed by atoms with Crippen LogP contribution in [0.15, 0.2) is 23.2 Å². The van der Waals surface area contributed by atoms with Crippen LogP contribution in [0.5, 0.6) is 0 Å². The molecule has 0 amide bonds. The Kier molecular flexibility index (Phi) is 9.52. The summed E-state index contributed by atoms with van der Waals surface area (Å²) in [6.45, 7) is 6.93. The maximum atomic E-state index is 13.9. The van der Waals surface area contributed by atoms with Gasteiger partial charge in [-0.1, -0.05) is 6.07 Å². The molecule has 0 bridgehead atoms. The lowest BCUT2D eigenvalue weighted by molar-refractivity contribution is 0.0420. The molecular formula is C20H33FN4O2. The van der Waals surface area contributed by atoms with E-state index in [1.165, 1.54) is 6.07 Å². The molecule has 0 aliphatic carbocycles. The molecule has 0 spiro atoms. The molecule has 152 valence electrons. The summed E-state index contributed by atoms with van der Waals surface area (Å²) in [6.07, 6.45) is 2.15. The first-order valence-electron chi connectivity index (χ1n) is 9.72. The fourth-order valence-electron chi connectivity index (χ4n) is 2.87. The number of aliphatic imine (C=N–C) groups is 1. The van der Waals surface area contributed by atoms with Gasteiger partial charge in [-0.3, -0.25) is 0 Å². The Labute approximate surface area is 162 Å². The van der Waals surface area contributed by atoms with E-state index >= 15 is 0 Å². The number of rotatable bonds is 10. The summed E-state index contributed by atoms with van der Waals surface area (Å²) in [5, 5.41) is 6.56. The standard InChI is InChI=1S/C20H33FN4O2/c1-4-22-20(23-9-5-10-27-18-8-11-26-15-18)24-13-16-6-7-19(21)17(12-16)14-25(2)3/h6-7,12,18H,4-5,8-11,13-15H2,1-3H3,(H2,22,23,24). The predicted octanol–water partition coefficient (Wildman–Crippen LogP) is 2.14. The maximum absolute atomic E-state index is 13.9. The SMILES string of the molecule is CCNC(=NCc1ccc(F)c(CN(C)C)c1)NCCCOC1CCOC1. The molecule has 1 fully saturated rings. The van der Waals surface area contributed by atoms with E-state index < -0.39 is 0 Å². The Balaban J connectivity index is 1.79. The highest BCUT2D eigenvalue weighted by molar-refractivity contribution is 5.79. The molecule has 2 N–H and O–H groups in total. The van der Waals surface area contributed by atoms with Gasteiger partial charge in [0.05, 0.1) is 19.3 Å². The Bertz CT molecular complexity index is 589. The van der Waals surface area contributed by atoms with Crippen LogP contribution in [0.1, 0.15) is 30.9 Å². The summed E-state index contributed by atoms with van der Waals surface area (Å²) in [4.78, 5) is 6.56. The van der Waals surface area contributed by atoms with Crippen molar-refractivity contribution in [3.05, 3.63) is 35.1 Å². The van der Waals surface area contributed by atoms with Gasteiger partial charge in [0.1, 0.15) is 5.82 Å². The van der Waals surface area contributed by atoms with Crippen molar-refractivity contribution in [2.45, 2.75) is 39.0 Å². The minimum atomic E-state index is -0.172. The largest absolute Gasteiger partial charge is 0.379 e. The molecule has 0 saturated carbocycles. The molecular weight excluding hydrogens is 347 g/mol. The minimum Gasteiger partial charge on any atom is -0.379 e. The normalized spacial score (nSPS) is 17.5. The van der Waals surface area contributed by atoms with Crippen LogP contribution in [-0.2, 0) is 22.6 Å². The van der Waals surface area contributed by atoms with Gasteiger partial charge in [-0.2, -0.15) is 0 Å². The van der Waals surface area contributed by atoms with Crippen LogP contribution in [0, 0.1) is 5.82 Å². The van der Waals surface area contributed by atoms with Gasteiger partial charge < -0.3 is 25.0 Å². The summed E-state index contributed by atoms with van der Waals surface area (Å²) in [7, 11) is 3.86. The smallest absolute Gasteiger partial charge is 0.191 e. The number of hydrogen-bond acceptors (Lipinski definition) is 4. The van der Waals surface area contributed by atoms with Crippen molar-refractivity contribution in [1.29, 1.82) is 0 Å². The van der Waals surface area contributed by atoms with E-state index in [2.05, 4.69) is 15.6 Å². The number of ether oxygens (including phenoxy) is 2. The first-order valence-corrected chi connectivity index (χ1v) is 9.72. The van der Waals surface area contributed by atoms with Crippen molar-refractivity contribution in [3.8, 4) is 0 Å². The third kappa shape index (κ3) is 8.24. The van der Waals surface area contributed by atoms with Crippen LogP contribution in [0.2, 0.25) is 0 Å². The highest BCUT2D eigenvalue weighted by atomic mass is 19.1. The van der Waals surface area contributed by atoms with Crippen LogP contribution < -0.4 is 10.6 Å². The number of halogens is 1. The van der Waals surface area contributed by atoms with Crippen LogP contribution in [0.25, 0.3) is 0 Å². The molecule has 7 heteroatoms. The second kappa shape index (κ2) is 11.9. The molecule has 1 saturated heterocycles. The third-order valence-electron chi connectivity index (χ3n) is 4.22. The van der Waals surface area contributed by atoms with Crippen molar-refractivity contribution in [3.63, 3.8) is 0 Å². The van der Waals surface area contributed by atoms with Gasteiger partial charge in [0.15, 0.2) is 5.96 Å². The van der Waals surface area contributed by atoms with E-state index in [1.54, 1.807) is 6.07 Å². The molecule has 0 aromatic heterocycles. The Morgan fingerprint density at radius 1 is 1.37 bits per heavy atom. The first kappa shape index (κ1) is 21.6. The molecule has 1 atom stereocenters. The van der Waals surface area contributed by atoms with Crippen LogP contribution in [-0.4, -0.2) is 64.0 Å². The maximum Gasteiger partial charge on any atom is 0.191 e. The van der Waals surface area contributed by atoms with Crippen LogP contribution in [0.3, 0.4) is 0 Å². The van der Waals surface area contributed by atoms with Crippen molar-refractivity contribution in [1.82, 2.24) is 15.5 Å². The number of nitrogens with zero attached hydrogens (tertiary/aromatic N) is 2. The quantitative estimate of drug-likeness (QED) is 0.370. The average molecular weight is 381 g/mol. The molecule has 27 heavy (non-hydrogen) atoms. The van der Waals surface area contributed by atoms with Crippen molar-refractivity contribution in [2.24, 2.45) is 4.99 Å². The molecule has 1 aromatic carbocycles. The fraction of sp³-hybridized carbons (Fsp3) is 0.650. The Morgan fingerprint density at radius 3 is 2.93 bits per heavy atom. The van der Waals surface area contributed by atoms with Gasteiger partial charge in [-0.15, -0.1) is 0 Å². The topological polar surface area (TPSA) is 58.1 Å². The van der Waals surface area contributed by atoms with Gasteiger partial charge in [0.2, 0.25) is 0 Å². The minimum absolute atomic E-state index is 0.172. The number of hydrogen-bond donors (Lipinski definition) is 2. The third-order valence-corrected chi connectivity index (χ3v) is 4.22. The molecule has 6 nitrogen and oxygen atoms in total. The van der Waals surface area contributed by atoms with E-state index in [9.17, 15) is 4.39 Å². The van der Waals surface area contributed by atoms with Crippen molar-refractivity contribution >= 4 is 5.96 Å². The predicted molar refractivity (Wildman–Crippen MR) is 106 cm³/mol. The Hall–Kier alpha value is -1.70. The van der Waals surface area contributed by atoms with Gasteiger partial charge in [-0.25, -0.2) is 9.38 Å². The lowest BCUT2D eigenvalue weighted by atomic mass is 10.1. The molecule has 0 radical (unpaired) electrons. The fourth-order valence-corrected chi connectivity index (χ4v) is 2.87. The number of guanidine groups is 1.